The number of rotatable bonds is 3. The third kappa shape index (κ3) is 2.71. The standard InChI is InChI=1S/C13H16N2O2S/c1-10-3-2-4-13(10)15-18(16,17)12-7-5-11(9-14)6-8-12/h5-8,10,13,15H,2-4H2,1H3. The van der Waals surface area contributed by atoms with Crippen molar-refractivity contribution in [2.45, 2.75) is 37.1 Å². The van der Waals surface area contributed by atoms with Crippen LogP contribution in [0.5, 0.6) is 0 Å². The second-order valence-corrected chi connectivity index (χ2v) is 6.49. The number of benzene rings is 1. The monoisotopic (exact) mass is 264 g/mol. The summed E-state index contributed by atoms with van der Waals surface area (Å²) in [6.45, 7) is 2.07. The Morgan fingerprint density at radius 1 is 1.28 bits per heavy atom. The lowest BCUT2D eigenvalue weighted by molar-refractivity contribution is 0.476. The van der Waals surface area contributed by atoms with Crippen molar-refractivity contribution in [2.24, 2.45) is 5.92 Å². The molecule has 1 aliphatic rings. The van der Waals surface area contributed by atoms with Gasteiger partial charge in [-0.15, -0.1) is 0 Å². The number of nitrogens with zero attached hydrogens (tertiary/aromatic N) is 1. The fraction of sp³-hybridized carbons (Fsp3) is 0.462. The Bertz CT molecular complexity index is 558. The minimum Gasteiger partial charge on any atom is -0.208 e. The molecule has 0 aromatic heterocycles. The van der Waals surface area contributed by atoms with E-state index >= 15 is 0 Å². The van der Waals surface area contributed by atoms with E-state index in [1.165, 1.54) is 24.3 Å². The molecule has 5 heteroatoms. The maximum Gasteiger partial charge on any atom is 0.240 e. The lowest BCUT2D eigenvalue weighted by atomic mass is 10.1. The molecule has 2 unspecified atom stereocenters. The van der Waals surface area contributed by atoms with Crippen molar-refractivity contribution in [3.8, 4) is 6.07 Å². The first kappa shape index (κ1) is 13.1. The van der Waals surface area contributed by atoms with Crippen LogP contribution in [0.4, 0.5) is 0 Å². The third-order valence-electron chi connectivity index (χ3n) is 3.46. The smallest absolute Gasteiger partial charge is 0.208 e. The van der Waals surface area contributed by atoms with Crippen LogP contribution in [0.2, 0.25) is 0 Å². The van der Waals surface area contributed by atoms with Gasteiger partial charge in [0.15, 0.2) is 0 Å². The van der Waals surface area contributed by atoms with Gasteiger partial charge in [0.2, 0.25) is 10.0 Å². The minimum absolute atomic E-state index is 0.0330. The van der Waals surface area contributed by atoms with Crippen molar-refractivity contribution >= 4 is 10.0 Å². The van der Waals surface area contributed by atoms with Crippen LogP contribution in [0.1, 0.15) is 31.7 Å². The van der Waals surface area contributed by atoms with Gasteiger partial charge in [-0.3, -0.25) is 0 Å². The molecule has 1 aliphatic carbocycles. The van der Waals surface area contributed by atoms with Gasteiger partial charge in [-0.2, -0.15) is 5.26 Å². The molecular formula is C13H16N2O2S. The Labute approximate surface area is 108 Å². The number of nitriles is 1. The Hall–Kier alpha value is -1.38. The summed E-state index contributed by atoms with van der Waals surface area (Å²) >= 11 is 0. The zero-order chi connectivity index (χ0) is 13.2. The SMILES string of the molecule is CC1CCCC1NS(=O)(=O)c1ccc(C#N)cc1. The predicted molar refractivity (Wildman–Crippen MR) is 68.3 cm³/mol. The fourth-order valence-corrected chi connectivity index (χ4v) is 3.68. The molecule has 0 saturated heterocycles. The van der Waals surface area contributed by atoms with Crippen molar-refractivity contribution in [1.82, 2.24) is 4.72 Å². The topological polar surface area (TPSA) is 70.0 Å². The molecular weight excluding hydrogens is 248 g/mol. The van der Waals surface area contributed by atoms with Gasteiger partial charge >= 0.3 is 0 Å². The largest absolute Gasteiger partial charge is 0.240 e. The normalized spacial score (nSPS) is 23.8. The molecule has 0 radical (unpaired) electrons. The van der Waals surface area contributed by atoms with Gasteiger partial charge in [0, 0.05) is 6.04 Å². The lowest BCUT2D eigenvalue weighted by Crippen LogP contribution is -2.36. The number of sulfonamides is 1. The molecule has 2 rings (SSSR count). The van der Waals surface area contributed by atoms with Crippen LogP contribution in [-0.2, 0) is 10.0 Å². The zero-order valence-electron chi connectivity index (χ0n) is 10.3. The average Bonchev–Trinajstić information content (AvgIpc) is 2.74. The van der Waals surface area contributed by atoms with Crippen LogP contribution in [-0.4, -0.2) is 14.5 Å². The van der Waals surface area contributed by atoms with Gasteiger partial charge in [0.1, 0.15) is 0 Å². The third-order valence-corrected chi connectivity index (χ3v) is 4.97. The first-order valence-electron chi connectivity index (χ1n) is 6.05. The van der Waals surface area contributed by atoms with Gasteiger partial charge in [0.25, 0.3) is 0 Å². The van der Waals surface area contributed by atoms with E-state index in [0.29, 0.717) is 11.5 Å². The van der Waals surface area contributed by atoms with Crippen LogP contribution in [0.15, 0.2) is 29.2 Å². The van der Waals surface area contributed by atoms with Crippen LogP contribution in [0, 0.1) is 17.2 Å². The highest BCUT2D eigenvalue weighted by atomic mass is 32.2. The van der Waals surface area contributed by atoms with Gasteiger partial charge in [-0.25, -0.2) is 13.1 Å². The number of nitrogens with one attached hydrogen (secondary N) is 1. The van der Waals surface area contributed by atoms with Crippen molar-refractivity contribution in [3.05, 3.63) is 29.8 Å². The van der Waals surface area contributed by atoms with Gasteiger partial charge in [-0.05, 0) is 43.0 Å². The molecule has 1 aromatic carbocycles. The summed E-state index contributed by atoms with van der Waals surface area (Å²) < 4.78 is 27.0. The highest BCUT2D eigenvalue weighted by molar-refractivity contribution is 7.89. The maximum atomic E-state index is 12.1. The second kappa shape index (κ2) is 5.09. The minimum atomic E-state index is -3.46. The van der Waals surface area contributed by atoms with Crippen LogP contribution < -0.4 is 4.72 Å². The predicted octanol–water partition coefficient (Wildman–Crippen LogP) is 2.03. The molecule has 2 atom stereocenters. The first-order valence-corrected chi connectivity index (χ1v) is 7.54. The summed E-state index contributed by atoms with van der Waals surface area (Å²) in [5.41, 5.74) is 0.461. The molecule has 1 aromatic rings. The highest BCUT2D eigenvalue weighted by Crippen LogP contribution is 2.26. The molecule has 4 nitrogen and oxygen atoms in total. The van der Waals surface area contributed by atoms with E-state index in [4.69, 9.17) is 5.26 Å². The average molecular weight is 264 g/mol. The quantitative estimate of drug-likeness (QED) is 0.908. The molecule has 0 spiro atoms. The van der Waals surface area contributed by atoms with Gasteiger partial charge < -0.3 is 0 Å². The number of hydrogen-bond donors (Lipinski definition) is 1. The molecule has 1 saturated carbocycles. The van der Waals surface area contributed by atoms with E-state index < -0.39 is 10.0 Å². The molecule has 0 aliphatic heterocycles. The van der Waals surface area contributed by atoms with Crippen LogP contribution >= 0.6 is 0 Å². The molecule has 0 bridgehead atoms. The molecule has 1 fully saturated rings. The van der Waals surface area contributed by atoms with Gasteiger partial charge in [0.05, 0.1) is 16.5 Å². The molecule has 18 heavy (non-hydrogen) atoms. The van der Waals surface area contributed by atoms with Crippen LogP contribution in [0.3, 0.4) is 0 Å². The van der Waals surface area contributed by atoms with E-state index in [9.17, 15) is 8.42 Å². The summed E-state index contributed by atoms with van der Waals surface area (Å²) in [6.07, 6.45) is 3.04. The summed E-state index contributed by atoms with van der Waals surface area (Å²) in [7, 11) is -3.46. The summed E-state index contributed by atoms with van der Waals surface area (Å²) in [5, 5.41) is 8.68. The van der Waals surface area contributed by atoms with E-state index in [0.717, 1.165) is 19.3 Å². The summed E-state index contributed by atoms with van der Waals surface area (Å²) in [5.74, 6) is 0.387. The van der Waals surface area contributed by atoms with Gasteiger partial charge in [-0.1, -0.05) is 13.3 Å². The van der Waals surface area contributed by atoms with E-state index in [-0.39, 0.29) is 10.9 Å². The number of hydrogen-bond acceptors (Lipinski definition) is 3. The maximum absolute atomic E-state index is 12.1. The highest BCUT2D eigenvalue weighted by Gasteiger charge is 2.28. The first-order chi connectivity index (χ1) is 8.53. The fourth-order valence-electron chi connectivity index (χ4n) is 2.30. The summed E-state index contributed by atoms with van der Waals surface area (Å²) in [4.78, 5) is 0.223. The van der Waals surface area contributed by atoms with Crippen molar-refractivity contribution < 1.29 is 8.42 Å². The molecule has 96 valence electrons. The van der Waals surface area contributed by atoms with Crippen LogP contribution in [0.25, 0.3) is 0 Å². The van der Waals surface area contributed by atoms with E-state index in [1.807, 2.05) is 6.07 Å². The lowest BCUT2D eigenvalue weighted by Gasteiger charge is -2.17. The summed E-state index contributed by atoms with van der Waals surface area (Å²) in [6, 6.07) is 7.99. The Balaban J connectivity index is 2.17. The zero-order valence-corrected chi connectivity index (χ0v) is 11.1. The van der Waals surface area contributed by atoms with Crippen molar-refractivity contribution in [3.63, 3.8) is 0 Å². The Morgan fingerprint density at radius 3 is 2.44 bits per heavy atom. The van der Waals surface area contributed by atoms with Crippen molar-refractivity contribution in [2.75, 3.05) is 0 Å². The molecule has 0 amide bonds. The Kier molecular flexibility index (Phi) is 3.69. The van der Waals surface area contributed by atoms with Crippen molar-refractivity contribution in [1.29, 1.82) is 5.26 Å². The van der Waals surface area contributed by atoms with E-state index in [2.05, 4.69) is 11.6 Å². The van der Waals surface area contributed by atoms with E-state index in [1.54, 1.807) is 0 Å². The Morgan fingerprint density at radius 2 is 1.94 bits per heavy atom. The molecule has 0 heterocycles. The molecule has 1 N–H and O–H groups in total. The second-order valence-electron chi connectivity index (χ2n) is 4.77.